The maximum Gasteiger partial charge on any atom is 0.233 e. The van der Waals surface area contributed by atoms with E-state index >= 15 is 0 Å². The minimum Gasteiger partial charge on any atom is -0.383 e. The molecule has 1 amide bonds. The highest BCUT2D eigenvalue weighted by molar-refractivity contribution is 8.01. The van der Waals surface area contributed by atoms with E-state index < -0.39 is 0 Å². The van der Waals surface area contributed by atoms with Gasteiger partial charge in [-0.25, -0.2) is 0 Å². The summed E-state index contributed by atoms with van der Waals surface area (Å²) in [4.78, 5) is 14.1. The van der Waals surface area contributed by atoms with Crippen molar-refractivity contribution in [1.82, 2.24) is 24.9 Å². The van der Waals surface area contributed by atoms with E-state index in [0.717, 1.165) is 5.56 Å². The Kier molecular flexibility index (Phi) is 6.16. The predicted octanol–water partition coefficient (Wildman–Crippen LogP) is 0.621. The highest BCUT2D eigenvalue weighted by Crippen LogP contribution is 2.23. The van der Waals surface area contributed by atoms with Gasteiger partial charge < -0.3 is 15.4 Å². The van der Waals surface area contributed by atoms with E-state index in [9.17, 15) is 4.79 Å². The third-order valence-electron chi connectivity index (χ3n) is 2.79. The van der Waals surface area contributed by atoms with Crippen molar-refractivity contribution in [2.24, 2.45) is 7.05 Å². The Bertz CT molecular complexity index is 614. The number of hydrogen-bond donors (Lipinski definition) is 1. The van der Waals surface area contributed by atoms with E-state index in [0.29, 0.717) is 34.9 Å². The van der Waals surface area contributed by atoms with Crippen LogP contribution in [0.15, 0.2) is 16.7 Å². The van der Waals surface area contributed by atoms with Gasteiger partial charge in [0.1, 0.15) is 0 Å². The number of carbonyl (C=O) groups is 1. The summed E-state index contributed by atoms with van der Waals surface area (Å²) in [7, 11) is 3.46. The van der Waals surface area contributed by atoms with Gasteiger partial charge in [-0.15, -0.1) is 10.2 Å². The van der Waals surface area contributed by atoms with Gasteiger partial charge in [0.2, 0.25) is 11.0 Å². The number of rotatable bonds is 8. The fourth-order valence-electron chi connectivity index (χ4n) is 1.76. The first-order valence-electron chi connectivity index (χ1n) is 6.54. The summed E-state index contributed by atoms with van der Waals surface area (Å²) in [5.74, 6) is 0.304. The van der Waals surface area contributed by atoms with Crippen molar-refractivity contribution in [3.05, 3.63) is 18.0 Å². The van der Waals surface area contributed by atoms with Crippen LogP contribution >= 0.6 is 23.1 Å². The van der Waals surface area contributed by atoms with Crippen LogP contribution in [0.4, 0.5) is 5.13 Å². The van der Waals surface area contributed by atoms with Crippen LogP contribution in [0.25, 0.3) is 0 Å². The highest BCUT2D eigenvalue weighted by Gasteiger charge is 2.16. The van der Waals surface area contributed by atoms with Crippen LogP contribution in [0.3, 0.4) is 0 Å². The summed E-state index contributed by atoms with van der Waals surface area (Å²) >= 11 is 2.62. The molecule has 0 bridgehead atoms. The smallest absolute Gasteiger partial charge is 0.233 e. The van der Waals surface area contributed by atoms with Gasteiger partial charge in [0.15, 0.2) is 4.34 Å². The van der Waals surface area contributed by atoms with Crippen molar-refractivity contribution in [2.45, 2.75) is 10.9 Å². The van der Waals surface area contributed by atoms with Crippen molar-refractivity contribution in [1.29, 1.82) is 0 Å². The van der Waals surface area contributed by atoms with Crippen LogP contribution in [-0.2, 0) is 23.1 Å². The zero-order chi connectivity index (χ0) is 15.9. The monoisotopic (exact) mass is 342 g/mol. The molecule has 2 N–H and O–H groups in total. The number of ether oxygens (including phenoxy) is 1. The minimum absolute atomic E-state index is 0.0136. The maximum atomic E-state index is 12.4. The largest absolute Gasteiger partial charge is 0.383 e. The number of carbonyl (C=O) groups excluding carboxylic acids is 1. The number of methoxy groups -OCH3 is 1. The molecule has 10 heteroatoms. The van der Waals surface area contributed by atoms with Crippen molar-refractivity contribution in [2.75, 3.05) is 31.7 Å². The first-order valence-corrected chi connectivity index (χ1v) is 8.34. The average molecular weight is 342 g/mol. The van der Waals surface area contributed by atoms with Gasteiger partial charge >= 0.3 is 0 Å². The van der Waals surface area contributed by atoms with E-state index in [1.54, 1.807) is 22.9 Å². The number of nitrogens with zero attached hydrogens (tertiary/aromatic N) is 5. The molecule has 0 saturated carbocycles. The lowest BCUT2D eigenvalue weighted by Gasteiger charge is -2.21. The van der Waals surface area contributed by atoms with Gasteiger partial charge in [-0.05, 0) is 0 Å². The van der Waals surface area contributed by atoms with Crippen molar-refractivity contribution in [3.63, 3.8) is 0 Å². The molecule has 0 saturated heterocycles. The van der Waals surface area contributed by atoms with Gasteiger partial charge in [0.25, 0.3) is 0 Å². The number of hydrogen-bond acceptors (Lipinski definition) is 8. The number of nitrogen functional groups attached to an aromatic ring is 1. The van der Waals surface area contributed by atoms with E-state index in [1.165, 1.54) is 23.1 Å². The molecule has 0 atom stereocenters. The number of aromatic nitrogens is 4. The van der Waals surface area contributed by atoms with Gasteiger partial charge in [-0.3, -0.25) is 9.48 Å². The molecule has 22 heavy (non-hydrogen) atoms. The zero-order valence-corrected chi connectivity index (χ0v) is 14.1. The fraction of sp³-hybridized carbons (Fsp3) is 0.500. The Morgan fingerprint density at radius 1 is 1.55 bits per heavy atom. The molecule has 0 aliphatic heterocycles. The Balaban J connectivity index is 1.92. The summed E-state index contributed by atoms with van der Waals surface area (Å²) in [5, 5.41) is 12.1. The maximum absolute atomic E-state index is 12.4. The first-order chi connectivity index (χ1) is 10.6. The Morgan fingerprint density at radius 2 is 2.36 bits per heavy atom. The van der Waals surface area contributed by atoms with Crippen LogP contribution < -0.4 is 5.73 Å². The number of thioether (sulfide) groups is 1. The molecule has 2 heterocycles. The Labute approximate surface area is 136 Å². The summed E-state index contributed by atoms with van der Waals surface area (Å²) < 4.78 is 7.48. The molecule has 0 fully saturated rings. The molecule has 0 aromatic carbocycles. The second-order valence-electron chi connectivity index (χ2n) is 4.53. The second-order valence-corrected chi connectivity index (χ2v) is 6.76. The van der Waals surface area contributed by atoms with E-state index in [4.69, 9.17) is 10.5 Å². The van der Waals surface area contributed by atoms with Gasteiger partial charge in [-0.1, -0.05) is 23.1 Å². The van der Waals surface area contributed by atoms with Crippen LogP contribution in [0, 0.1) is 0 Å². The summed E-state index contributed by atoms with van der Waals surface area (Å²) in [6.45, 7) is 1.53. The zero-order valence-electron chi connectivity index (χ0n) is 12.4. The molecular weight excluding hydrogens is 324 g/mol. The second kappa shape index (κ2) is 8.11. The number of aryl methyl sites for hydroxylation is 1. The molecule has 2 aromatic rings. The third kappa shape index (κ3) is 4.97. The molecule has 0 spiro atoms. The topological polar surface area (TPSA) is 99.2 Å². The molecule has 2 aromatic heterocycles. The summed E-state index contributed by atoms with van der Waals surface area (Å²) in [6, 6.07) is 0. The van der Waals surface area contributed by atoms with Crippen molar-refractivity contribution < 1.29 is 9.53 Å². The highest BCUT2D eigenvalue weighted by atomic mass is 32.2. The molecule has 0 radical (unpaired) electrons. The SMILES string of the molecule is COCCN(Cc1cnn(C)c1)C(=O)CSc1nnc(N)s1. The normalized spacial score (nSPS) is 10.8. The summed E-state index contributed by atoms with van der Waals surface area (Å²) in [5.41, 5.74) is 6.51. The Morgan fingerprint density at radius 3 is 2.95 bits per heavy atom. The third-order valence-corrected chi connectivity index (χ3v) is 4.66. The number of anilines is 1. The molecule has 2 rings (SSSR count). The first kappa shape index (κ1) is 16.7. The van der Waals surface area contributed by atoms with Crippen LogP contribution in [0.1, 0.15) is 5.56 Å². The average Bonchev–Trinajstić information content (AvgIpc) is 3.09. The molecule has 0 aliphatic rings. The quantitative estimate of drug-likeness (QED) is 0.702. The van der Waals surface area contributed by atoms with Gasteiger partial charge in [0.05, 0.1) is 18.6 Å². The molecular formula is C12H18N6O2S2. The molecule has 120 valence electrons. The lowest BCUT2D eigenvalue weighted by molar-refractivity contribution is -0.129. The van der Waals surface area contributed by atoms with E-state index in [1.807, 2.05) is 13.2 Å². The lowest BCUT2D eigenvalue weighted by Crippen LogP contribution is -2.34. The standard InChI is InChI=1S/C12H18N6O2S2/c1-17-6-9(5-14-17)7-18(3-4-20-2)10(19)8-21-12-16-15-11(13)22-12/h5-6H,3-4,7-8H2,1-2H3,(H2,13,15). The number of nitrogens with two attached hydrogens (primary N) is 1. The molecule has 8 nitrogen and oxygen atoms in total. The summed E-state index contributed by atoms with van der Waals surface area (Å²) in [6.07, 6.45) is 3.65. The molecule has 0 aliphatic carbocycles. The predicted molar refractivity (Wildman–Crippen MR) is 85.5 cm³/mol. The van der Waals surface area contributed by atoms with Crippen molar-refractivity contribution in [3.8, 4) is 0 Å². The van der Waals surface area contributed by atoms with Crippen LogP contribution in [0.2, 0.25) is 0 Å². The van der Waals surface area contributed by atoms with Crippen LogP contribution in [0.5, 0.6) is 0 Å². The Hall–Kier alpha value is -1.65. The van der Waals surface area contributed by atoms with E-state index in [-0.39, 0.29) is 5.91 Å². The van der Waals surface area contributed by atoms with Crippen molar-refractivity contribution >= 4 is 34.1 Å². The molecule has 0 unspecified atom stereocenters. The lowest BCUT2D eigenvalue weighted by atomic mass is 10.3. The van der Waals surface area contributed by atoms with Gasteiger partial charge in [-0.2, -0.15) is 5.10 Å². The van der Waals surface area contributed by atoms with Crippen LogP contribution in [-0.4, -0.2) is 56.8 Å². The fourth-order valence-corrected chi connectivity index (χ4v) is 3.30. The van der Waals surface area contributed by atoms with E-state index in [2.05, 4.69) is 15.3 Å². The van der Waals surface area contributed by atoms with Gasteiger partial charge in [0, 0.05) is 39.0 Å². The number of amides is 1. The minimum atomic E-state index is 0.0136.